The van der Waals surface area contributed by atoms with Gasteiger partial charge in [0.1, 0.15) is 17.6 Å². The summed E-state index contributed by atoms with van der Waals surface area (Å²) in [5, 5.41) is 10.1. The molecule has 0 amide bonds. The Morgan fingerprint density at radius 2 is 2.05 bits per heavy atom. The van der Waals surface area contributed by atoms with Gasteiger partial charge in [-0.25, -0.2) is 4.39 Å². The second-order valence-corrected chi connectivity index (χ2v) is 4.79. The largest absolute Gasteiger partial charge is 0.495 e. The number of nitriles is 1. The number of ether oxygens (including phenoxy) is 1. The van der Waals surface area contributed by atoms with Crippen molar-refractivity contribution in [1.82, 2.24) is 4.57 Å². The Hall–Kier alpha value is -2.80. The first-order valence-corrected chi connectivity index (χ1v) is 6.52. The molecule has 0 radical (unpaired) electrons. The Labute approximate surface area is 121 Å². The molecule has 3 nitrogen and oxygen atoms in total. The number of hydrogen-bond donors (Lipinski definition) is 0. The fourth-order valence-electron chi connectivity index (χ4n) is 2.43. The van der Waals surface area contributed by atoms with Crippen LogP contribution in [-0.4, -0.2) is 11.7 Å². The number of fused-ring (bicyclic) bond motifs is 1. The van der Waals surface area contributed by atoms with Gasteiger partial charge in [-0.1, -0.05) is 6.07 Å². The summed E-state index contributed by atoms with van der Waals surface area (Å²) < 4.78 is 20.5. The molecule has 3 aromatic rings. The van der Waals surface area contributed by atoms with Crippen molar-refractivity contribution < 1.29 is 9.13 Å². The van der Waals surface area contributed by atoms with Crippen LogP contribution in [0.5, 0.6) is 5.75 Å². The van der Waals surface area contributed by atoms with E-state index in [1.165, 1.54) is 19.2 Å². The molecule has 1 aromatic heterocycles. The number of halogens is 1. The van der Waals surface area contributed by atoms with Gasteiger partial charge in [-0.05, 0) is 47.3 Å². The summed E-state index contributed by atoms with van der Waals surface area (Å²) in [6.07, 6.45) is 1.92. The Kier molecular flexibility index (Phi) is 3.33. The number of benzene rings is 2. The van der Waals surface area contributed by atoms with Crippen molar-refractivity contribution in [2.24, 2.45) is 0 Å². The highest BCUT2D eigenvalue weighted by Crippen LogP contribution is 2.22. The van der Waals surface area contributed by atoms with Crippen molar-refractivity contribution in [2.75, 3.05) is 7.11 Å². The van der Waals surface area contributed by atoms with E-state index in [-0.39, 0.29) is 5.82 Å². The predicted molar refractivity (Wildman–Crippen MR) is 78.7 cm³/mol. The molecule has 3 rings (SSSR count). The van der Waals surface area contributed by atoms with E-state index in [1.807, 2.05) is 22.9 Å². The first-order valence-electron chi connectivity index (χ1n) is 6.52. The standard InChI is InChI=1S/C17H13FN2O/c1-21-17-5-2-12(8-14(17)10-19)11-20-7-6-13-3-4-15(18)9-16(13)20/h2-9H,11H2,1H3. The molecule has 1 heterocycles. The summed E-state index contributed by atoms with van der Waals surface area (Å²) in [6, 6.07) is 14.3. The maximum Gasteiger partial charge on any atom is 0.136 e. The second-order valence-electron chi connectivity index (χ2n) is 4.79. The lowest BCUT2D eigenvalue weighted by molar-refractivity contribution is 0.413. The molecular formula is C17H13FN2O. The van der Waals surface area contributed by atoms with Crippen LogP contribution >= 0.6 is 0 Å². The van der Waals surface area contributed by atoms with Gasteiger partial charge in [0, 0.05) is 12.7 Å². The highest BCUT2D eigenvalue weighted by Gasteiger charge is 2.06. The second kappa shape index (κ2) is 5.29. The molecule has 0 unspecified atom stereocenters. The van der Waals surface area contributed by atoms with Crippen LogP contribution < -0.4 is 4.74 Å². The Morgan fingerprint density at radius 1 is 1.19 bits per heavy atom. The van der Waals surface area contributed by atoms with E-state index in [0.29, 0.717) is 17.9 Å². The molecule has 0 aliphatic carbocycles. The lowest BCUT2D eigenvalue weighted by atomic mass is 10.1. The molecule has 0 saturated heterocycles. The smallest absolute Gasteiger partial charge is 0.136 e. The maximum absolute atomic E-state index is 13.4. The molecule has 0 aliphatic heterocycles. The molecule has 104 valence electrons. The highest BCUT2D eigenvalue weighted by atomic mass is 19.1. The molecular weight excluding hydrogens is 267 g/mol. The lowest BCUT2D eigenvalue weighted by Crippen LogP contribution is -1.99. The summed E-state index contributed by atoms with van der Waals surface area (Å²) in [5.41, 5.74) is 2.30. The fraction of sp³-hybridized carbons (Fsp3) is 0.118. The molecule has 0 N–H and O–H groups in total. The topological polar surface area (TPSA) is 38.0 Å². The number of hydrogen-bond acceptors (Lipinski definition) is 2. The molecule has 2 aromatic carbocycles. The van der Waals surface area contributed by atoms with E-state index < -0.39 is 0 Å². The summed E-state index contributed by atoms with van der Waals surface area (Å²) in [4.78, 5) is 0. The first-order chi connectivity index (χ1) is 10.2. The van der Waals surface area contributed by atoms with Crippen LogP contribution in [0.4, 0.5) is 4.39 Å². The van der Waals surface area contributed by atoms with Crippen molar-refractivity contribution in [3.63, 3.8) is 0 Å². The van der Waals surface area contributed by atoms with E-state index in [1.54, 1.807) is 18.2 Å². The van der Waals surface area contributed by atoms with Gasteiger partial charge in [-0.3, -0.25) is 0 Å². The maximum atomic E-state index is 13.4. The molecule has 0 aliphatic rings. The number of nitrogens with zero attached hydrogens (tertiary/aromatic N) is 2. The van der Waals surface area contributed by atoms with E-state index >= 15 is 0 Å². The summed E-state index contributed by atoms with van der Waals surface area (Å²) in [6.45, 7) is 0.575. The minimum atomic E-state index is -0.255. The third-order valence-corrected chi connectivity index (χ3v) is 3.47. The highest BCUT2D eigenvalue weighted by molar-refractivity contribution is 5.80. The summed E-state index contributed by atoms with van der Waals surface area (Å²) in [7, 11) is 1.54. The van der Waals surface area contributed by atoms with Gasteiger partial charge >= 0.3 is 0 Å². The fourth-order valence-corrected chi connectivity index (χ4v) is 2.43. The molecule has 21 heavy (non-hydrogen) atoms. The molecule has 0 bridgehead atoms. The molecule has 0 fully saturated rings. The third kappa shape index (κ3) is 2.46. The van der Waals surface area contributed by atoms with Crippen molar-refractivity contribution in [3.05, 3.63) is 65.6 Å². The third-order valence-electron chi connectivity index (χ3n) is 3.47. The zero-order valence-corrected chi connectivity index (χ0v) is 11.5. The number of methoxy groups -OCH3 is 1. The Balaban J connectivity index is 1.99. The van der Waals surface area contributed by atoms with Gasteiger partial charge in [-0.2, -0.15) is 5.26 Å². The van der Waals surface area contributed by atoms with Crippen LogP contribution in [0.25, 0.3) is 10.9 Å². The molecule has 0 atom stereocenters. The van der Waals surface area contributed by atoms with E-state index in [0.717, 1.165) is 16.5 Å². The van der Waals surface area contributed by atoms with Crippen molar-refractivity contribution in [2.45, 2.75) is 6.54 Å². The average Bonchev–Trinajstić information content (AvgIpc) is 2.89. The van der Waals surface area contributed by atoms with Gasteiger partial charge in [-0.15, -0.1) is 0 Å². The van der Waals surface area contributed by atoms with Crippen molar-refractivity contribution in [3.8, 4) is 11.8 Å². The van der Waals surface area contributed by atoms with Crippen molar-refractivity contribution >= 4 is 10.9 Å². The van der Waals surface area contributed by atoms with E-state index in [2.05, 4.69) is 6.07 Å². The molecule has 0 saturated carbocycles. The zero-order chi connectivity index (χ0) is 14.8. The average molecular weight is 280 g/mol. The monoisotopic (exact) mass is 280 g/mol. The molecule has 0 spiro atoms. The van der Waals surface area contributed by atoms with Gasteiger partial charge in [0.15, 0.2) is 0 Å². The number of rotatable bonds is 3. The van der Waals surface area contributed by atoms with Crippen LogP contribution in [0, 0.1) is 17.1 Å². The Bertz CT molecular complexity index is 846. The van der Waals surface area contributed by atoms with Gasteiger partial charge in [0.05, 0.1) is 18.2 Å². The van der Waals surface area contributed by atoms with E-state index in [9.17, 15) is 4.39 Å². The zero-order valence-electron chi connectivity index (χ0n) is 11.5. The van der Waals surface area contributed by atoms with Crippen LogP contribution in [0.2, 0.25) is 0 Å². The number of aromatic nitrogens is 1. The summed E-state index contributed by atoms with van der Waals surface area (Å²) >= 11 is 0. The normalized spacial score (nSPS) is 10.5. The molecule has 4 heteroatoms. The van der Waals surface area contributed by atoms with Crippen molar-refractivity contribution in [1.29, 1.82) is 5.26 Å². The lowest BCUT2D eigenvalue weighted by Gasteiger charge is -2.08. The van der Waals surface area contributed by atoms with Crippen LogP contribution in [0.15, 0.2) is 48.7 Å². The summed E-state index contributed by atoms with van der Waals surface area (Å²) in [5.74, 6) is 0.305. The van der Waals surface area contributed by atoms with Gasteiger partial charge in [0.25, 0.3) is 0 Å². The van der Waals surface area contributed by atoms with Gasteiger partial charge < -0.3 is 9.30 Å². The SMILES string of the molecule is COc1ccc(Cn2ccc3ccc(F)cc32)cc1C#N. The Morgan fingerprint density at radius 3 is 2.81 bits per heavy atom. The quantitative estimate of drug-likeness (QED) is 0.733. The van der Waals surface area contributed by atoms with E-state index in [4.69, 9.17) is 10.00 Å². The van der Waals surface area contributed by atoms with Gasteiger partial charge in [0.2, 0.25) is 0 Å². The van der Waals surface area contributed by atoms with Crippen LogP contribution in [-0.2, 0) is 6.54 Å². The van der Waals surface area contributed by atoms with Crippen LogP contribution in [0.3, 0.4) is 0 Å². The first kappa shape index (κ1) is 13.2. The predicted octanol–water partition coefficient (Wildman–Crippen LogP) is 3.71. The minimum absolute atomic E-state index is 0.255. The minimum Gasteiger partial charge on any atom is -0.495 e. The van der Waals surface area contributed by atoms with Crippen LogP contribution in [0.1, 0.15) is 11.1 Å².